The molecule has 2 aliphatic rings. The van der Waals surface area contributed by atoms with Crippen molar-refractivity contribution >= 4 is 11.9 Å². The third kappa shape index (κ3) is 2.35. The fourth-order valence-corrected chi connectivity index (χ4v) is 3.03. The summed E-state index contributed by atoms with van der Waals surface area (Å²) in [5, 5.41) is 11.8. The highest BCUT2D eigenvalue weighted by Crippen LogP contribution is 2.44. The number of carboxylic acids is 1. The SMILES string of the molecule is CC(C(=O)O)=C(C)C(=O)NC1CC2CCC1C2. The Hall–Kier alpha value is -1.32. The van der Waals surface area contributed by atoms with Gasteiger partial charge in [0.2, 0.25) is 5.91 Å². The van der Waals surface area contributed by atoms with Gasteiger partial charge in [-0.1, -0.05) is 6.42 Å². The molecule has 0 aromatic heterocycles. The van der Waals surface area contributed by atoms with Crippen LogP contribution in [-0.2, 0) is 9.59 Å². The van der Waals surface area contributed by atoms with Gasteiger partial charge in [0.1, 0.15) is 0 Å². The standard InChI is InChI=1S/C13H19NO3/c1-7(8(2)13(16)17)12(15)14-11-6-9-3-4-10(11)5-9/h9-11H,3-6H2,1-2H3,(H,14,15)(H,16,17). The van der Waals surface area contributed by atoms with Crippen LogP contribution in [0.15, 0.2) is 11.1 Å². The van der Waals surface area contributed by atoms with E-state index >= 15 is 0 Å². The van der Waals surface area contributed by atoms with Crippen LogP contribution >= 0.6 is 0 Å². The van der Waals surface area contributed by atoms with E-state index in [0.29, 0.717) is 11.5 Å². The normalized spacial score (nSPS) is 32.2. The van der Waals surface area contributed by atoms with Crippen LogP contribution in [0.3, 0.4) is 0 Å². The summed E-state index contributed by atoms with van der Waals surface area (Å²) in [5.41, 5.74) is 0.450. The molecule has 3 unspecified atom stereocenters. The Balaban J connectivity index is 1.98. The Morgan fingerprint density at radius 1 is 1.12 bits per heavy atom. The van der Waals surface area contributed by atoms with Crippen LogP contribution in [0.25, 0.3) is 0 Å². The molecule has 2 bridgehead atoms. The Morgan fingerprint density at radius 2 is 1.82 bits per heavy atom. The van der Waals surface area contributed by atoms with Gasteiger partial charge in [-0.25, -0.2) is 4.79 Å². The second-order valence-electron chi connectivity index (χ2n) is 5.31. The molecule has 4 heteroatoms. The van der Waals surface area contributed by atoms with E-state index < -0.39 is 5.97 Å². The van der Waals surface area contributed by atoms with Crippen LogP contribution in [0.1, 0.15) is 39.5 Å². The highest BCUT2D eigenvalue weighted by atomic mass is 16.4. The lowest BCUT2D eigenvalue weighted by atomic mass is 9.95. The van der Waals surface area contributed by atoms with Crippen LogP contribution in [0.2, 0.25) is 0 Å². The van der Waals surface area contributed by atoms with Crippen LogP contribution in [0, 0.1) is 11.8 Å². The van der Waals surface area contributed by atoms with Crippen molar-refractivity contribution < 1.29 is 14.7 Å². The van der Waals surface area contributed by atoms with Crippen LogP contribution in [0.4, 0.5) is 0 Å². The Kier molecular flexibility index (Phi) is 3.22. The van der Waals surface area contributed by atoms with Crippen molar-refractivity contribution in [2.24, 2.45) is 11.8 Å². The van der Waals surface area contributed by atoms with Gasteiger partial charge in [-0.3, -0.25) is 4.79 Å². The number of carboxylic acid groups (broad SMARTS) is 1. The third-order valence-electron chi connectivity index (χ3n) is 4.28. The molecular formula is C13H19NO3. The molecule has 1 amide bonds. The topological polar surface area (TPSA) is 66.4 Å². The Morgan fingerprint density at radius 3 is 2.29 bits per heavy atom. The van der Waals surface area contributed by atoms with Gasteiger partial charge >= 0.3 is 5.97 Å². The molecule has 3 atom stereocenters. The first-order valence-electron chi connectivity index (χ1n) is 6.20. The van der Waals surface area contributed by atoms with Crippen LogP contribution in [0.5, 0.6) is 0 Å². The van der Waals surface area contributed by atoms with Gasteiger partial charge in [-0.05, 0) is 44.9 Å². The zero-order chi connectivity index (χ0) is 12.6. The Bertz CT molecular complexity index is 386. The van der Waals surface area contributed by atoms with E-state index in [1.807, 2.05) is 0 Å². The molecule has 0 saturated heterocycles. The fourth-order valence-electron chi connectivity index (χ4n) is 3.03. The monoisotopic (exact) mass is 237 g/mol. The minimum absolute atomic E-state index is 0.130. The number of amides is 1. The summed E-state index contributed by atoms with van der Waals surface area (Å²) < 4.78 is 0. The molecule has 94 valence electrons. The summed E-state index contributed by atoms with van der Waals surface area (Å²) >= 11 is 0. The minimum atomic E-state index is -1.02. The summed E-state index contributed by atoms with van der Waals surface area (Å²) in [6.45, 7) is 3.05. The van der Waals surface area contributed by atoms with Crippen molar-refractivity contribution in [1.29, 1.82) is 0 Å². The molecule has 2 fully saturated rings. The molecule has 0 aromatic carbocycles. The first-order valence-corrected chi connectivity index (χ1v) is 6.20. The maximum atomic E-state index is 11.9. The van der Waals surface area contributed by atoms with E-state index in [2.05, 4.69) is 5.32 Å². The molecule has 17 heavy (non-hydrogen) atoms. The number of nitrogens with one attached hydrogen (secondary N) is 1. The van der Waals surface area contributed by atoms with E-state index in [1.165, 1.54) is 26.2 Å². The third-order valence-corrected chi connectivity index (χ3v) is 4.28. The molecule has 0 aromatic rings. The molecule has 4 nitrogen and oxygen atoms in total. The first kappa shape index (κ1) is 12.1. The van der Waals surface area contributed by atoms with Crippen LogP contribution < -0.4 is 5.32 Å². The number of carbonyl (C=O) groups excluding carboxylic acids is 1. The van der Waals surface area contributed by atoms with E-state index in [0.717, 1.165) is 12.3 Å². The second-order valence-corrected chi connectivity index (χ2v) is 5.31. The zero-order valence-corrected chi connectivity index (χ0v) is 10.3. The van der Waals surface area contributed by atoms with Gasteiger partial charge in [0.15, 0.2) is 0 Å². The largest absolute Gasteiger partial charge is 0.478 e. The smallest absolute Gasteiger partial charge is 0.331 e. The number of carbonyl (C=O) groups is 2. The van der Waals surface area contributed by atoms with Gasteiger partial charge in [0.05, 0.1) is 0 Å². The number of fused-ring (bicyclic) bond motifs is 2. The molecular weight excluding hydrogens is 218 g/mol. The van der Waals surface area contributed by atoms with Crippen molar-refractivity contribution in [1.82, 2.24) is 5.32 Å². The van der Waals surface area contributed by atoms with Gasteiger partial charge in [0.25, 0.3) is 0 Å². The number of hydrogen-bond donors (Lipinski definition) is 2. The van der Waals surface area contributed by atoms with Crippen molar-refractivity contribution in [3.05, 3.63) is 11.1 Å². The summed E-state index contributed by atoms with van der Waals surface area (Å²) in [5.74, 6) is 0.144. The van der Waals surface area contributed by atoms with Crippen molar-refractivity contribution in [2.75, 3.05) is 0 Å². The average molecular weight is 237 g/mol. The van der Waals surface area contributed by atoms with E-state index in [-0.39, 0.29) is 17.5 Å². The molecule has 0 aliphatic heterocycles. The number of aliphatic carboxylic acids is 1. The van der Waals surface area contributed by atoms with Crippen LogP contribution in [-0.4, -0.2) is 23.0 Å². The highest BCUT2D eigenvalue weighted by Gasteiger charge is 2.40. The number of hydrogen-bond acceptors (Lipinski definition) is 2. The maximum Gasteiger partial charge on any atom is 0.331 e. The second kappa shape index (κ2) is 4.51. The molecule has 2 N–H and O–H groups in total. The van der Waals surface area contributed by atoms with Gasteiger partial charge < -0.3 is 10.4 Å². The number of rotatable bonds is 3. The quantitative estimate of drug-likeness (QED) is 0.734. The molecule has 2 aliphatic carbocycles. The van der Waals surface area contributed by atoms with E-state index in [1.54, 1.807) is 6.92 Å². The summed E-state index contributed by atoms with van der Waals surface area (Å²) in [4.78, 5) is 22.7. The van der Waals surface area contributed by atoms with Gasteiger partial charge in [-0.15, -0.1) is 0 Å². The van der Waals surface area contributed by atoms with E-state index in [4.69, 9.17) is 5.11 Å². The molecule has 2 rings (SSSR count). The highest BCUT2D eigenvalue weighted by molar-refractivity contribution is 6.01. The lowest BCUT2D eigenvalue weighted by Crippen LogP contribution is -2.39. The summed E-state index contributed by atoms with van der Waals surface area (Å²) in [7, 11) is 0. The Labute approximate surface area is 101 Å². The predicted octanol–water partition coefficient (Wildman–Crippen LogP) is 1.71. The molecule has 2 saturated carbocycles. The first-order chi connectivity index (χ1) is 7.99. The zero-order valence-electron chi connectivity index (χ0n) is 10.3. The van der Waals surface area contributed by atoms with Crippen molar-refractivity contribution in [3.8, 4) is 0 Å². The lowest BCUT2D eigenvalue weighted by molar-refractivity contribution is -0.133. The predicted molar refractivity (Wildman–Crippen MR) is 63.4 cm³/mol. The lowest BCUT2D eigenvalue weighted by Gasteiger charge is -2.23. The van der Waals surface area contributed by atoms with E-state index in [9.17, 15) is 9.59 Å². The van der Waals surface area contributed by atoms with Gasteiger partial charge in [0, 0.05) is 17.2 Å². The average Bonchev–Trinajstić information content (AvgIpc) is 2.88. The maximum absolute atomic E-state index is 11.9. The fraction of sp³-hybridized carbons (Fsp3) is 0.692. The minimum Gasteiger partial charge on any atom is -0.478 e. The van der Waals surface area contributed by atoms with Gasteiger partial charge in [-0.2, -0.15) is 0 Å². The molecule has 0 spiro atoms. The summed E-state index contributed by atoms with van der Waals surface area (Å²) in [6.07, 6.45) is 4.79. The molecule has 0 heterocycles. The summed E-state index contributed by atoms with van der Waals surface area (Å²) in [6, 6.07) is 0.262. The van der Waals surface area contributed by atoms with Crippen molar-refractivity contribution in [2.45, 2.75) is 45.6 Å². The van der Waals surface area contributed by atoms with Crippen molar-refractivity contribution in [3.63, 3.8) is 0 Å². The molecule has 0 radical (unpaired) electrons.